The van der Waals surface area contributed by atoms with Crippen molar-refractivity contribution in [1.29, 1.82) is 0 Å². The average molecular weight is 488 g/mol. The summed E-state index contributed by atoms with van der Waals surface area (Å²) in [4.78, 5) is 10.3. The van der Waals surface area contributed by atoms with Gasteiger partial charge in [-0.25, -0.2) is 9.97 Å². The van der Waals surface area contributed by atoms with Gasteiger partial charge in [-0.15, -0.1) is 11.8 Å². The van der Waals surface area contributed by atoms with E-state index >= 15 is 0 Å². The number of benzene rings is 2. The Kier molecular flexibility index (Phi) is 7.13. The number of thioether (sulfide) groups is 1. The summed E-state index contributed by atoms with van der Waals surface area (Å²) in [6, 6.07) is 18.9. The molecule has 3 heterocycles. The number of ether oxygens (including phenoxy) is 1. The van der Waals surface area contributed by atoms with Gasteiger partial charge in [0.15, 0.2) is 17.3 Å². The van der Waals surface area contributed by atoms with Gasteiger partial charge in [-0.2, -0.15) is 0 Å². The Labute approximate surface area is 209 Å². The minimum absolute atomic E-state index is 0.306. The lowest BCUT2D eigenvalue weighted by Gasteiger charge is -2.10. The molecule has 5 rings (SSSR count). The largest absolute Gasteiger partial charge is 0.382 e. The van der Waals surface area contributed by atoms with E-state index in [0.717, 1.165) is 48.7 Å². The summed E-state index contributed by atoms with van der Waals surface area (Å²) in [5.74, 6) is 0.798. The molecule has 0 saturated carbocycles. The van der Waals surface area contributed by atoms with Gasteiger partial charge < -0.3 is 20.3 Å². The van der Waals surface area contributed by atoms with Crippen LogP contribution in [0.15, 0.2) is 70.2 Å². The standard InChI is InChI=1S/C27H29N5O2S/c1-17(2)35-22-9-7-20(8-10-22)24-15-30-27(28)26(31-24)25-13-23(32-34-25)19-5-3-18(4-6-19)14-29-21-11-12-33-16-21/h3-10,13,15,17,21,29H,11-12,14,16H2,1-2H3,(H2,28,30). The molecule has 0 bridgehead atoms. The van der Waals surface area contributed by atoms with Crippen molar-refractivity contribution >= 4 is 17.6 Å². The molecule has 2 aromatic carbocycles. The summed E-state index contributed by atoms with van der Waals surface area (Å²) in [7, 11) is 0. The zero-order valence-electron chi connectivity index (χ0n) is 19.9. The third-order valence-corrected chi connectivity index (χ3v) is 6.86. The van der Waals surface area contributed by atoms with E-state index in [2.05, 4.69) is 65.7 Å². The number of hydrogen-bond acceptors (Lipinski definition) is 8. The molecule has 7 nitrogen and oxygen atoms in total. The normalized spacial score (nSPS) is 15.7. The third-order valence-electron chi connectivity index (χ3n) is 5.84. The zero-order valence-corrected chi connectivity index (χ0v) is 20.7. The van der Waals surface area contributed by atoms with E-state index in [0.29, 0.717) is 28.6 Å². The van der Waals surface area contributed by atoms with E-state index in [1.807, 2.05) is 30.0 Å². The highest BCUT2D eigenvalue weighted by Crippen LogP contribution is 2.31. The van der Waals surface area contributed by atoms with Crippen LogP contribution in [0.4, 0.5) is 5.82 Å². The van der Waals surface area contributed by atoms with Crippen LogP contribution in [-0.4, -0.2) is 39.6 Å². The molecule has 4 aromatic rings. The zero-order chi connectivity index (χ0) is 24.2. The molecule has 1 unspecified atom stereocenters. The second-order valence-corrected chi connectivity index (χ2v) is 10.5. The van der Waals surface area contributed by atoms with Crippen molar-refractivity contribution in [1.82, 2.24) is 20.4 Å². The van der Waals surface area contributed by atoms with Crippen LogP contribution in [0.25, 0.3) is 34.0 Å². The Balaban J connectivity index is 1.31. The number of nitrogen functional groups attached to an aromatic ring is 1. The molecule has 0 spiro atoms. The number of rotatable bonds is 8. The van der Waals surface area contributed by atoms with Gasteiger partial charge in [-0.3, -0.25) is 0 Å². The van der Waals surface area contributed by atoms with Crippen LogP contribution in [-0.2, 0) is 11.3 Å². The van der Waals surface area contributed by atoms with E-state index < -0.39 is 0 Å². The molecule has 8 heteroatoms. The number of anilines is 1. The van der Waals surface area contributed by atoms with Crippen LogP contribution in [0.2, 0.25) is 0 Å². The Hall–Kier alpha value is -3.20. The van der Waals surface area contributed by atoms with Gasteiger partial charge in [-0.05, 0) is 24.1 Å². The van der Waals surface area contributed by atoms with Crippen LogP contribution < -0.4 is 11.1 Å². The van der Waals surface area contributed by atoms with Gasteiger partial charge in [0.1, 0.15) is 5.69 Å². The van der Waals surface area contributed by atoms with Crippen molar-refractivity contribution in [3.8, 4) is 34.0 Å². The molecule has 0 aliphatic carbocycles. The lowest BCUT2D eigenvalue weighted by molar-refractivity contribution is 0.190. The molecular weight excluding hydrogens is 458 g/mol. The molecule has 1 fully saturated rings. The van der Waals surface area contributed by atoms with E-state index in [-0.39, 0.29) is 0 Å². The molecule has 2 aromatic heterocycles. The molecule has 1 saturated heterocycles. The average Bonchev–Trinajstić information content (AvgIpc) is 3.56. The molecule has 0 amide bonds. The fourth-order valence-electron chi connectivity index (χ4n) is 3.97. The lowest BCUT2D eigenvalue weighted by atomic mass is 10.1. The van der Waals surface area contributed by atoms with Crippen LogP contribution in [0.3, 0.4) is 0 Å². The van der Waals surface area contributed by atoms with Gasteiger partial charge in [0.05, 0.1) is 18.5 Å². The third kappa shape index (κ3) is 5.73. The van der Waals surface area contributed by atoms with Crippen LogP contribution in [0.1, 0.15) is 25.8 Å². The van der Waals surface area contributed by atoms with Crippen molar-refractivity contribution in [3.05, 3.63) is 66.4 Å². The Morgan fingerprint density at radius 3 is 2.51 bits per heavy atom. The Bertz CT molecular complexity index is 1270. The van der Waals surface area contributed by atoms with Gasteiger partial charge in [0, 0.05) is 46.5 Å². The molecule has 1 aliphatic heterocycles. The Morgan fingerprint density at radius 1 is 1.06 bits per heavy atom. The maximum absolute atomic E-state index is 6.15. The molecule has 35 heavy (non-hydrogen) atoms. The number of nitrogens with one attached hydrogen (secondary N) is 1. The fraction of sp³-hybridized carbons (Fsp3) is 0.296. The summed E-state index contributed by atoms with van der Waals surface area (Å²) in [6.45, 7) is 6.80. The van der Waals surface area contributed by atoms with Gasteiger partial charge >= 0.3 is 0 Å². The highest BCUT2D eigenvalue weighted by molar-refractivity contribution is 7.99. The molecular formula is C27H29N5O2S. The summed E-state index contributed by atoms with van der Waals surface area (Å²) in [6.07, 6.45) is 2.75. The van der Waals surface area contributed by atoms with E-state index in [4.69, 9.17) is 20.0 Å². The SMILES string of the molecule is CC(C)Sc1ccc(-c2cnc(N)c(-c3cc(-c4ccc(CNC5CCOC5)cc4)no3)n2)cc1. The van der Waals surface area contributed by atoms with E-state index in [1.165, 1.54) is 10.5 Å². The first-order valence-corrected chi connectivity index (χ1v) is 12.7. The van der Waals surface area contributed by atoms with Crippen molar-refractivity contribution in [2.45, 2.75) is 43.0 Å². The van der Waals surface area contributed by atoms with E-state index in [1.54, 1.807) is 6.20 Å². The maximum Gasteiger partial charge on any atom is 0.189 e. The van der Waals surface area contributed by atoms with Gasteiger partial charge in [0.25, 0.3) is 0 Å². The van der Waals surface area contributed by atoms with Gasteiger partial charge in [-0.1, -0.05) is 55.4 Å². The Morgan fingerprint density at radius 2 is 1.80 bits per heavy atom. The number of nitrogens with two attached hydrogens (primary N) is 1. The van der Waals surface area contributed by atoms with Crippen LogP contribution in [0, 0.1) is 0 Å². The predicted octanol–water partition coefficient (Wildman–Crippen LogP) is 5.43. The summed E-state index contributed by atoms with van der Waals surface area (Å²) < 4.78 is 11.0. The quantitative estimate of drug-likeness (QED) is 0.318. The number of aromatic nitrogens is 3. The lowest BCUT2D eigenvalue weighted by Crippen LogP contribution is -2.28. The van der Waals surface area contributed by atoms with Gasteiger partial charge in [0.2, 0.25) is 0 Å². The fourth-order valence-corrected chi connectivity index (χ4v) is 4.81. The molecule has 1 aliphatic rings. The topological polar surface area (TPSA) is 99.1 Å². The first-order chi connectivity index (χ1) is 17.0. The molecule has 1 atom stereocenters. The van der Waals surface area contributed by atoms with Crippen molar-refractivity contribution in [3.63, 3.8) is 0 Å². The predicted molar refractivity (Wildman–Crippen MR) is 140 cm³/mol. The highest BCUT2D eigenvalue weighted by atomic mass is 32.2. The van der Waals surface area contributed by atoms with Crippen molar-refractivity contribution in [2.24, 2.45) is 0 Å². The summed E-state index contributed by atoms with van der Waals surface area (Å²) >= 11 is 1.83. The minimum Gasteiger partial charge on any atom is -0.382 e. The van der Waals surface area contributed by atoms with Crippen molar-refractivity contribution < 1.29 is 9.26 Å². The second kappa shape index (κ2) is 10.6. The molecule has 180 valence electrons. The second-order valence-electron chi connectivity index (χ2n) is 8.89. The smallest absolute Gasteiger partial charge is 0.189 e. The van der Waals surface area contributed by atoms with Crippen LogP contribution >= 0.6 is 11.8 Å². The maximum atomic E-state index is 6.15. The van der Waals surface area contributed by atoms with Crippen molar-refractivity contribution in [2.75, 3.05) is 18.9 Å². The first kappa shape index (κ1) is 23.5. The number of nitrogens with zero attached hydrogens (tertiary/aromatic N) is 3. The van der Waals surface area contributed by atoms with E-state index in [9.17, 15) is 0 Å². The first-order valence-electron chi connectivity index (χ1n) is 11.8. The summed E-state index contributed by atoms with van der Waals surface area (Å²) in [5.41, 5.74) is 11.3. The summed E-state index contributed by atoms with van der Waals surface area (Å²) in [5, 5.41) is 8.31. The minimum atomic E-state index is 0.306. The highest BCUT2D eigenvalue weighted by Gasteiger charge is 2.16. The number of hydrogen-bond donors (Lipinski definition) is 2. The molecule has 3 N–H and O–H groups in total. The molecule has 0 radical (unpaired) electrons. The monoisotopic (exact) mass is 487 g/mol. The van der Waals surface area contributed by atoms with Crippen LogP contribution in [0.5, 0.6) is 0 Å².